The van der Waals surface area contributed by atoms with Crippen LogP contribution in [0.15, 0.2) is 77.0 Å². The van der Waals surface area contributed by atoms with Gasteiger partial charge in [0, 0.05) is 4.90 Å². The number of carbonyl (C=O) groups excluding carboxylic acids is 1. The van der Waals surface area contributed by atoms with Gasteiger partial charge in [0.1, 0.15) is 0 Å². The van der Waals surface area contributed by atoms with E-state index in [0.717, 1.165) is 4.90 Å². The highest BCUT2D eigenvalue weighted by molar-refractivity contribution is 8.02. The molecular formula is C20H19NO2S. The molecule has 4 heteroatoms. The highest BCUT2D eigenvalue weighted by Crippen LogP contribution is 2.31. The van der Waals surface area contributed by atoms with E-state index in [1.165, 1.54) is 0 Å². The molecule has 2 aromatic rings. The van der Waals surface area contributed by atoms with Crippen LogP contribution in [0.1, 0.15) is 18.9 Å². The van der Waals surface area contributed by atoms with Gasteiger partial charge in [-0.15, -0.1) is 0 Å². The predicted octanol–water partition coefficient (Wildman–Crippen LogP) is 4.71. The molecule has 0 saturated heterocycles. The summed E-state index contributed by atoms with van der Waals surface area (Å²) in [6.45, 7) is 1.99. The van der Waals surface area contributed by atoms with E-state index in [-0.39, 0.29) is 13.0 Å². The summed E-state index contributed by atoms with van der Waals surface area (Å²) < 4.78 is 5.17. The molecule has 0 aliphatic carbocycles. The quantitative estimate of drug-likeness (QED) is 0.542. The van der Waals surface area contributed by atoms with Gasteiger partial charge in [0.05, 0.1) is 12.7 Å². The summed E-state index contributed by atoms with van der Waals surface area (Å²) in [5.41, 5.74) is -0.661. The van der Waals surface area contributed by atoms with Gasteiger partial charge in [0.2, 0.25) is 0 Å². The third kappa shape index (κ3) is 4.27. The molecule has 0 aliphatic heterocycles. The van der Waals surface area contributed by atoms with Gasteiger partial charge in [0.25, 0.3) is 0 Å². The maximum atomic E-state index is 12.5. The molecule has 0 saturated carbocycles. The maximum absolute atomic E-state index is 12.5. The Morgan fingerprint density at radius 2 is 1.79 bits per heavy atom. The van der Waals surface area contributed by atoms with E-state index in [1.807, 2.05) is 60.0 Å². The van der Waals surface area contributed by atoms with Crippen LogP contribution in [-0.4, -0.2) is 12.6 Å². The fraction of sp³-hybridized carbons (Fsp3) is 0.200. The van der Waals surface area contributed by atoms with Gasteiger partial charge < -0.3 is 4.74 Å². The van der Waals surface area contributed by atoms with Crippen molar-refractivity contribution in [2.45, 2.75) is 23.7 Å². The summed E-state index contributed by atoms with van der Waals surface area (Å²) in [5.74, 6) is -0.506. The van der Waals surface area contributed by atoms with E-state index in [2.05, 4.69) is 6.07 Å². The number of esters is 1. The zero-order valence-electron chi connectivity index (χ0n) is 13.5. The van der Waals surface area contributed by atoms with Crippen molar-refractivity contribution in [3.8, 4) is 6.07 Å². The Morgan fingerprint density at radius 1 is 1.17 bits per heavy atom. The number of benzene rings is 2. The van der Waals surface area contributed by atoms with Gasteiger partial charge in [-0.25, -0.2) is 4.79 Å². The number of ether oxygens (including phenoxy) is 1. The third-order valence-corrected chi connectivity index (χ3v) is 4.42. The highest BCUT2D eigenvalue weighted by atomic mass is 32.2. The second-order valence-electron chi connectivity index (χ2n) is 5.11. The average Bonchev–Trinajstić information content (AvgIpc) is 2.64. The monoisotopic (exact) mass is 337 g/mol. The van der Waals surface area contributed by atoms with Gasteiger partial charge in [-0.3, -0.25) is 0 Å². The number of nitriles is 1. The molecule has 0 heterocycles. The zero-order valence-corrected chi connectivity index (χ0v) is 14.3. The zero-order chi connectivity index (χ0) is 17.3. The maximum Gasteiger partial charge on any atom is 0.331 e. The van der Waals surface area contributed by atoms with Crippen LogP contribution in [0.5, 0.6) is 0 Å². The second-order valence-corrected chi connectivity index (χ2v) is 6.09. The number of nitrogens with zero attached hydrogens (tertiary/aromatic N) is 1. The van der Waals surface area contributed by atoms with Crippen molar-refractivity contribution in [1.82, 2.24) is 0 Å². The number of hydrogen-bond acceptors (Lipinski definition) is 4. The molecule has 0 aromatic heterocycles. The normalized spacial score (nSPS) is 13.2. The lowest BCUT2D eigenvalue weighted by atomic mass is 9.79. The molecule has 122 valence electrons. The van der Waals surface area contributed by atoms with Crippen molar-refractivity contribution in [3.63, 3.8) is 0 Å². The summed E-state index contributed by atoms with van der Waals surface area (Å²) >= 11 is 1.55. The molecule has 0 radical (unpaired) electrons. The molecular weight excluding hydrogens is 318 g/mol. The van der Waals surface area contributed by atoms with Crippen LogP contribution in [0.3, 0.4) is 0 Å². The topological polar surface area (TPSA) is 50.1 Å². The molecule has 24 heavy (non-hydrogen) atoms. The molecule has 2 aromatic carbocycles. The van der Waals surface area contributed by atoms with Crippen molar-refractivity contribution in [2.75, 3.05) is 6.61 Å². The fourth-order valence-corrected chi connectivity index (χ4v) is 2.97. The fourth-order valence-electron chi connectivity index (χ4n) is 2.30. The molecule has 1 unspecified atom stereocenters. The first-order valence-electron chi connectivity index (χ1n) is 7.73. The number of rotatable bonds is 7. The summed E-state index contributed by atoms with van der Waals surface area (Å²) in [7, 11) is 0. The summed E-state index contributed by atoms with van der Waals surface area (Å²) in [5, 5.41) is 11.7. The van der Waals surface area contributed by atoms with Crippen molar-refractivity contribution >= 4 is 17.7 Å². The first-order valence-corrected chi connectivity index (χ1v) is 8.61. The lowest BCUT2D eigenvalue weighted by molar-refractivity contribution is -0.147. The molecule has 1 atom stereocenters. The minimum Gasteiger partial charge on any atom is -0.465 e. The summed E-state index contributed by atoms with van der Waals surface area (Å²) in [6.07, 6.45) is 2.12. The van der Waals surface area contributed by atoms with E-state index < -0.39 is 11.4 Å². The van der Waals surface area contributed by atoms with Crippen molar-refractivity contribution in [3.05, 3.63) is 77.7 Å². The van der Waals surface area contributed by atoms with Crippen LogP contribution < -0.4 is 0 Å². The third-order valence-electron chi connectivity index (χ3n) is 3.55. The van der Waals surface area contributed by atoms with Gasteiger partial charge in [-0.05, 0) is 36.4 Å². The van der Waals surface area contributed by atoms with Gasteiger partial charge in [-0.1, -0.05) is 66.4 Å². The van der Waals surface area contributed by atoms with E-state index >= 15 is 0 Å². The Labute approximate surface area is 147 Å². The first-order chi connectivity index (χ1) is 11.7. The van der Waals surface area contributed by atoms with Gasteiger partial charge >= 0.3 is 5.97 Å². The number of carbonyl (C=O) groups is 1. The standard InChI is InChI=1S/C20H19NO2S/c1-2-23-19(22)20(16-21,17-10-5-3-6-11-17)14-9-15-24-18-12-7-4-8-13-18/h3-13,15H,2,14H2,1H3/b15-9+. The number of thioether (sulfide) groups is 1. The van der Waals surface area contributed by atoms with Gasteiger partial charge in [0.15, 0.2) is 5.41 Å². The van der Waals surface area contributed by atoms with Crippen molar-refractivity contribution in [1.29, 1.82) is 5.26 Å². The van der Waals surface area contributed by atoms with Crippen LogP contribution >= 0.6 is 11.8 Å². The first kappa shape index (κ1) is 17.8. The van der Waals surface area contributed by atoms with Crippen LogP contribution in [0.4, 0.5) is 0 Å². The Bertz CT molecular complexity index is 722. The minimum absolute atomic E-state index is 0.248. The van der Waals surface area contributed by atoms with Crippen LogP contribution in [0, 0.1) is 11.3 Å². The molecule has 0 N–H and O–H groups in total. The minimum atomic E-state index is -1.31. The Balaban J connectivity index is 2.20. The Morgan fingerprint density at radius 3 is 2.38 bits per heavy atom. The molecule has 0 spiro atoms. The van der Waals surface area contributed by atoms with Gasteiger partial charge in [-0.2, -0.15) is 5.26 Å². The van der Waals surface area contributed by atoms with Crippen LogP contribution in [0.25, 0.3) is 0 Å². The SMILES string of the molecule is CCOC(=O)C(C#N)(C/C=C/Sc1ccccc1)c1ccccc1. The summed E-state index contributed by atoms with van der Waals surface area (Å²) in [4.78, 5) is 13.6. The van der Waals surface area contributed by atoms with E-state index in [9.17, 15) is 10.1 Å². The van der Waals surface area contributed by atoms with E-state index in [4.69, 9.17) is 4.74 Å². The van der Waals surface area contributed by atoms with Crippen molar-refractivity contribution < 1.29 is 9.53 Å². The molecule has 3 nitrogen and oxygen atoms in total. The smallest absolute Gasteiger partial charge is 0.331 e. The van der Waals surface area contributed by atoms with E-state index in [0.29, 0.717) is 5.56 Å². The molecule has 0 fully saturated rings. The lowest BCUT2D eigenvalue weighted by Crippen LogP contribution is -2.35. The Hall–Kier alpha value is -2.51. The molecule has 2 rings (SSSR count). The molecule has 0 aliphatic rings. The second kappa shape index (κ2) is 8.95. The number of allylic oxidation sites excluding steroid dienone is 1. The molecule has 0 bridgehead atoms. The van der Waals surface area contributed by atoms with Crippen LogP contribution in [-0.2, 0) is 14.9 Å². The molecule has 0 amide bonds. The Kier molecular flexibility index (Phi) is 6.65. The summed E-state index contributed by atoms with van der Waals surface area (Å²) in [6, 6.07) is 21.2. The van der Waals surface area contributed by atoms with Crippen LogP contribution in [0.2, 0.25) is 0 Å². The van der Waals surface area contributed by atoms with E-state index in [1.54, 1.807) is 30.8 Å². The average molecular weight is 337 g/mol. The predicted molar refractivity (Wildman–Crippen MR) is 96.4 cm³/mol. The van der Waals surface area contributed by atoms with Crippen molar-refractivity contribution in [2.24, 2.45) is 0 Å². The largest absolute Gasteiger partial charge is 0.465 e. The number of hydrogen-bond donors (Lipinski definition) is 0. The lowest BCUT2D eigenvalue weighted by Gasteiger charge is -2.23. The highest BCUT2D eigenvalue weighted by Gasteiger charge is 2.41.